The highest BCUT2D eigenvalue weighted by Crippen LogP contribution is 2.41. The van der Waals surface area contributed by atoms with Gasteiger partial charge in [-0.1, -0.05) is 19.8 Å². The van der Waals surface area contributed by atoms with E-state index < -0.39 is 0 Å². The van der Waals surface area contributed by atoms with Crippen molar-refractivity contribution in [1.29, 1.82) is 0 Å². The maximum atomic E-state index is 3.49. The molecule has 2 saturated carbocycles. The molecule has 0 aliphatic heterocycles. The van der Waals surface area contributed by atoms with E-state index in [1.807, 2.05) is 11.3 Å². The van der Waals surface area contributed by atoms with Gasteiger partial charge in [-0.2, -0.15) is 11.3 Å². The topological polar surface area (TPSA) is 15.3 Å². The second-order valence-electron chi connectivity index (χ2n) is 7.48. The Hall–Kier alpha value is -0.380. The molecule has 0 aromatic carbocycles. The van der Waals surface area contributed by atoms with Crippen LogP contribution < -0.4 is 5.32 Å². The van der Waals surface area contributed by atoms with Crippen LogP contribution >= 0.6 is 11.3 Å². The van der Waals surface area contributed by atoms with Gasteiger partial charge in [0.05, 0.1) is 0 Å². The summed E-state index contributed by atoms with van der Waals surface area (Å²) >= 11 is 1.83. The summed E-state index contributed by atoms with van der Waals surface area (Å²) in [5.74, 6) is 0.932. The van der Waals surface area contributed by atoms with Gasteiger partial charge in [0.15, 0.2) is 0 Å². The first-order valence-corrected chi connectivity index (χ1v) is 9.55. The summed E-state index contributed by atoms with van der Waals surface area (Å²) in [5.41, 5.74) is 2.02. The second-order valence-corrected chi connectivity index (χ2v) is 8.26. The van der Waals surface area contributed by atoms with Crippen LogP contribution in [-0.4, -0.2) is 31.1 Å². The van der Waals surface area contributed by atoms with E-state index in [1.54, 1.807) is 0 Å². The second kappa shape index (κ2) is 6.80. The molecule has 2 nitrogen and oxygen atoms in total. The maximum Gasteiger partial charge on any atom is 0.0245 e. The lowest BCUT2D eigenvalue weighted by Gasteiger charge is -2.43. The van der Waals surface area contributed by atoms with Crippen molar-refractivity contribution in [3.63, 3.8) is 0 Å². The van der Waals surface area contributed by atoms with Crippen molar-refractivity contribution >= 4 is 11.3 Å². The Morgan fingerprint density at radius 2 is 2.05 bits per heavy atom. The first-order chi connectivity index (χ1) is 10.2. The largest absolute Gasteiger partial charge is 0.319 e. The molecule has 3 heteroatoms. The molecule has 1 aromatic rings. The Kier molecular flexibility index (Phi) is 5.03. The van der Waals surface area contributed by atoms with Gasteiger partial charge >= 0.3 is 0 Å². The molecule has 0 atom stereocenters. The first-order valence-electron chi connectivity index (χ1n) is 8.60. The van der Waals surface area contributed by atoms with Crippen LogP contribution in [-0.2, 0) is 6.54 Å². The van der Waals surface area contributed by atoms with E-state index in [0.29, 0.717) is 5.41 Å². The molecule has 3 rings (SSSR count). The van der Waals surface area contributed by atoms with Gasteiger partial charge in [-0.05, 0) is 66.5 Å². The van der Waals surface area contributed by atoms with Gasteiger partial charge in [-0.3, -0.25) is 4.90 Å². The Balaban J connectivity index is 1.67. The molecule has 2 fully saturated rings. The zero-order chi connectivity index (χ0) is 14.7. The zero-order valence-electron chi connectivity index (χ0n) is 13.6. The van der Waals surface area contributed by atoms with Crippen LogP contribution in [0.15, 0.2) is 16.8 Å². The first kappa shape index (κ1) is 15.5. The smallest absolute Gasteiger partial charge is 0.0245 e. The number of hydrogen-bond donors (Lipinski definition) is 1. The molecule has 1 N–H and O–H groups in total. The van der Waals surface area contributed by atoms with Gasteiger partial charge in [0.1, 0.15) is 0 Å². The summed E-state index contributed by atoms with van der Waals surface area (Å²) in [6.07, 6.45) is 8.47. The lowest BCUT2D eigenvalue weighted by Crippen LogP contribution is -2.46. The molecular formula is C18H30N2S. The van der Waals surface area contributed by atoms with E-state index in [-0.39, 0.29) is 0 Å². The molecule has 0 saturated heterocycles. The third-order valence-corrected chi connectivity index (χ3v) is 6.19. The predicted octanol–water partition coefficient (Wildman–Crippen LogP) is 4.13. The molecule has 2 aliphatic rings. The average Bonchev–Trinajstić information content (AvgIpc) is 3.20. The van der Waals surface area contributed by atoms with Crippen LogP contribution in [0.5, 0.6) is 0 Å². The van der Waals surface area contributed by atoms with Crippen molar-refractivity contribution in [2.75, 3.05) is 20.1 Å². The average molecular weight is 307 g/mol. The third kappa shape index (κ3) is 4.08. The summed E-state index contributed by atoms with van der Waals surface area (Å²) in [5, 5.41) is 8.03. The fourth-order valence-corrected chi connectivity index (χ4v) is 4.60. The molecule has 0 amide bonds. The quantitative estimate of drug-likeness (QED) is 0.815. The SMILES string of the molecule is CNCC1(CN(Cc2ccsc2)C2CC2)CCC(C)CC1. The highest BCUT2D eigenvalue weighted by atomic mass is 32.1. The van der Waals surface area contributed by atoms with E-state index in [4.69, 9.17) is 0 Å². The number of nitrogens with zero attached hydrogens (tertiary/aromatic N) is 1. The minimum absolute atomic E-state index is 0.514. The molecule has 118 valence electrons. The highest BCUT2D eigenvalue weighted by molar-refractivity contribution is 7.07. The Labute approximate surface area is 133 Å². The third-order valence-electron chi connectivity index (χ3n) is 5.45. The molecule has 0 radical (unpaired) electrons. The van der Waals surface area contributed by atoms with E-state index in [1.165, 1.54) is 57.2 Å². The van der Waals surface area contributed by atoms with Gasteiger partial charge in [-0.15, -0.1) is 0 Å². The molecule has 2 aliphatic carbocycles. The lowest BCUT2D eigenvalue weighted by atomic mass is 9.70. The number of thiophene rings is 1. The number of hydrogen-bond acceptors (Lipinski definition) is 3. The number of rotatable bonds is 7. The van der Waals surface area contributed by atoms with Crippen molar-refractivity contribution in [3.05, 3.63) is 22.4 Å². The van der Waals surface area contributed by atoms with Gasteiger partial charge in [0.2, 0.25) is 0 Å². The van der Waals surface area contributed by atoms with Crippen LogP contribution in [0.1, 0.15) is 51.0 Å². The molecule has 0 spiro atoms. The van der Waals surface area contributed by atoms with E-state index in [2.05, 4.69) is 41.0 Å². The van der Waals surface area contributed by atoms with E-state index in [0.717, 1.165) is 18.5 Å². The van der Waals surface area contributed by atoms with Crippen molar-refractivity contribution in [2.45, 2.75) is 58.0 Å². The fourth-order valence-electron chi connectivity index (χ4n) is 3.94. The molecular weight excluding hydrogens is 276 g/mol. The summed E-state index contributed by atoms with van der Waals surface area (Å²) in [7, 11) is 2.13. The highest BCUT2D eigenvalue weighted by Gasteiger charge is 2.39. The zero-order valence-corrected chi connectivity index (χ0v) is 14.4. The van der Waals surface area contributed by atoms with Gasteiger partial charge in [-0.25, -0.2) is 0 Å². The molecule has 1 aromatic heterocycles. The van der Waals surface area contributed by atoms with Crippen molar-refractivity contribution in [3.8, 4) is 0 Å². The summed E-state index contributed by atoms with van der Waals surface area (Å²) in [6.45, 7) is 6.07. The Bertz CT molecular complexity index is 416. The van der Waals surface area contributed by atoms with Crippen molar-refractivity contribution in [2.24, 2.45) is 11.3 Å². The van der Waals surface area contributed by atoms with Gasteiger partial charge < -0.3 is 5.32 Å². The van der Waals surface area contributed by atoms with Gasteiger partial charge in [0, 0.05) is 25.7 Å². The molecule has 0 bridgehead atoms. The predicted molar refractivity (Wildman–Crippen MR) is 91.7 cm³/mol. The Morgan fingerprint density at radius 3 is 2.62 bits per heavy atom. The lowest BCUT2D eigenvalue weighted by molar-refractivity contribution is 0.0798. The minimum atomic E-state index is 0.514. The maximum absolute atomic E-state index is 3.49. The van der Waals surface area contributed by atoms with Crippen LogP contribution in [0, 0.1) is 11.3 Å². The summed E-state index contributed by atoms with van der Waals surface area (Å²) in [4.78, 5) is 2.79. The van der Waals surface area contributed by atoms with Crippen LogP contribution in [0.2, 0.25) is 0 Å². The fraction of sp³-hybridized carbons (Fsp3) is 0.778. The molecule has 0 unspecified atom stereocenters. The van der Waals surface area contributed by atoms with Crippen LogP contribution in [0.3, 0.4) is 0 Å². The monoisotopic (exact) mass is 306 g/mol. The van der Waals surface area contributed by atoms with Gasteiger partial charge in [0.25, 0.3) is 0 Å². The Morgan fingerprint density at radius 1 is 1.29 bits per heavy atom. The molecule has 1 heterocycles. The summed E-state index contributed by atoms with van der Waals surface area (Å²) in [6, 6.07) is 3.16. The standard InChI is InChI=1S/C18H30N2S/c1-15-5-8-18(9-6-15,13-19-2)14-20(17-3-4-17)11-16-7-10-21-12-16/h7,10,12,15,17,19H,3-6,8-9,11,13-14H2,1-2H3. The van der Waals surface area contributed by atoms with Crippen molar-refractivity contribution in [1.82, 2.24) is 10.2 Å². The minimum Gasteiger partial charge on any atom is -0.319 e. The summed E-state index contributed by atoms with van der Waals surface area (Å²) < 4.78 is 0. The number of nitrogens with one attached hydrogen (secondary N) is 1. The van der Waals surface area contributed by atoms with E-state index in [9.17, 15) is 0 Å². The van der Waals surface area contributed by atoms with Crippen LogP contribution in [0.4, 0.5) is 0 Å². The van der Waals surface area contributed by atoms with Crippen LogP contribution in [0.25, 0.3) is 0 Å². The van der Waals surface area contributed by atoms with Crippen molar-refractivity contribution < 1.29 is 0 Å². The molecule has 21 heavy (non-hydrogen) atoms. The van der Waals surface area contributed by atoms with E-state index >= 15 is 0 Å². The normalized spacial score (nSPS) is 30.0.